The number of para-hydroxylation sites is 2. The van der Waals surface area contributed by atoms with Crippen LogP contribution in [0.5, 0.6) is 0 Å². The van der Waals surface area contributed by atoms with Gasteiger partial charge in [0.25, 0.3) is 0 Å². The lowest BCUT2D eigenvalue weighted by atomic mass is 9.86. The number of benzene rings is 11. The molecule has 11 aromatic carbocycles. The molecule has 2 nitrogen and oxygen atoms in total. The molecule has 0 saturated carbocycles. The summed E-state index contributed by atoms with van der Waals surface area (Å²) < 4.78 is 4.87. The van der Waals surface area contributed by atoms with Crippen LogP contribution in [0.4, 0.5) is 0 Å². The zero-order valence-electron chi connectivity index (χ0n) is 37.3. The summed E-state index contributed by atoms with van der Waals surface area (Å²) in [6.45, 7) is 0. The van der Waals surface area contributed by atoms with E-state index in [-0.39, 0.29) is 0 Å². The van der Waals surface area contributed by atoms with Gasteiger partial charge in [-0.3, -0.25) is 0 Å². The second kappa shape index (κ2) is 16.5. The highest BCUT2D eigenvalue weighted by Crippen LogP contribution is 2.46. The summed E-state index contributed by atoms with van der Waals surface area (Å²) in [6.07, 6.45) is 0. The van der Waals surface area contributed by atoms with E-state index in [1.807, 2.05) is 0 Å². The molecule has 13 rings (SSSR count). The summed E-state index contributed by atoms with van der Waals surface area (Å²) in [5, 5.41) is 4.85. The summed E-state index contributed by atoms with van der Waals surface area (Å²) in [7, 11) is 0. The van der Waals surface area contributed by atoms with Crippen LogP contribution in [0.15, 0.2) is 267 Å². The molecule has 0 bridgehead atoms. The summed E-state index contributed by atoms with van der Waals surface area (Å²) >= 11 is 0. The molecular weight excluding hydrogens is 821 g/mol. The van der Waals surface area contributed by atoms with Crippen molar-refractivity contribution in [3.05, 3.63) is 267 Å². The normalized spacial score (nSPS) is 11.5. The monoisotopic (exact) mass is 864 g/mol. The van der Waals surface area contributed by atoms with E-state index < -0.39 is 0 Å². The van der Waals surface area contributed by atoms with Gasteiger partial charge >= 0.3 is 0 Å². The molecule has 0 saturated heterocycles. The Hall–Kier alpha value is -8.98. The van der Waals surface area contributed by atoms with Gasteiger partial charge in [0.05, 0.1) is 22.1 Å². The molecule has 13 aromatic rings. The van der Waals surface area contributed by atoms with Gasteiger partial charge in [-0.05, 0) is 127 Å². The first-order valence-electron chi connectivity index (χ1n) is 23.4. The van der Waals surface area contributed by atoms with Crippen molar-refractivity contribution < 1.29 is 0 Å². The van der Waals surface area contributed by atoms with Gasteiger partial charge in [0.1, 0.15) is 0 Å². The third kappa shape index (κ3) is 6.57. The number of hydrogen-bond donors (Lipinski definition) is 0. The predicted molar refractivity (Wildman–Crippen MR) is 288 cm³/mol. The van der Waals surface area contributed by atoms with E-state index in [1.165, 1.54) is 99.3 Å². The van der Waals surface area contributed by atoms with Crippen LogP contribution in [0.1, 0.15) is 0 Å². The Labute approximate surface area is 395 Å². The number of aromatic nitrogens is 2. The van der Waals surface area contributed by atoms with Gasteiger partial charge in [-0.25, -0.2) is 0 Å². The molecule has 0 radical (unpaired) electrons. The summed E-state index contributed by atoms with van der Waals surface area (Å²) in [4.78, 5) is 0. The third-order valence-electron chi connectivity index (χ3n) is 13.7. The molecule has 2 heteroatoms. The van der Waals surface area contributed by atoms with Crippen LogP contribution in [0.2, 0.25) is 0 Å². The molecule has 0 spiro atoms. The Bertz CT molecular complexity index is 3680. The molecule has 318 valence electrons. The molecule has 2 heterocycles. The smallest absolute Gasteiger partial charge is 0.0542 e. The fourth-order valence-electron chi connectivity index (χ4n) is 10.7. The Balaban J connectivity index is 1.11. The summed E-state index contributed by atoms with van der Waals surface area (Å²) in [5.41, 5.74) is 21.4. The maximum Gasteiger partial charge on any atom is 0.0542 e. The van der Waals surface area contributed by atoms with E-state index in [9.17, 15) is 0 Å². The molecule has 0 atom stereocenters. The lowest BCUT2D eigenvalue weighted by Gasteiger charge is -2.17. The molecule has 68 heavy (non-hydrogen) atoms. The average molecular weight is 865 g/mol. The minimum Gasteiger partial charge on any atom is -0.309 e. The highest BCUT2D eigenvalue weighted by atomic mass is 15.0. The lowest BCUT2D eigenvalue weighted by Crippen LogP contribution is -1.96. The van der Waals surface area contributed by atoms with Crippen LogP contribution >= 0.6 is 0 Å². The van der Waals surface area contributed by atoms with E-state index in [0.29, 0.717) is 0 Å². The van der Waals surface area contributed by atoms with Gasteiger partial charge < -0.3 is 9.13 Å². The van der Waals surface area contributed by atoms with Crippen LogP contribution in [0.25, 0.3) is 122 Å². The van der Waals surface area contributed by atoms with E-state index in [1.54, 1.807) is 0 Å². The SMILES string of the molecule is c1ccc(-c2cccc(-c3ccccc3)c2-c2ccc3c(c2)c2cc(-c4c(-c5ccccc5)cccc4-c4ccccc4)ccc2n3-c2ccc3c(c2)c2ccccc2n3-c2ccccc2)cc1. The maximum atomic E-state index is 2.48. The molecule has 0 amide bonds. The van der Waals surface area contributed by atoms with Crippen LogP contribution in [0, 0.1) is 0 Å². The van der Waals surface area contributed by atoms with Crippen molar-refractivity contribution >= 4 is 43.6 Å². The van der Waals surface area contributed by atoms with Crippen molar-refractivity contribution in [2.75, 3.05) is 0 Å². The van der Waals surface area contributed by atoms with Gasteiger partial charge in [0.15, 0.2) is 0 Å². The van der Waals surface area contributed by atoms with Crippen LogP contribution < -0.4 is 0 Å². The zero-order chi connectivity index (χ0) is 45.0. The zero-order valence-corrected chi connectivity index (χ0v) is 37.3. The van der Waals surface area contributed by atoms with Crippen molar-refractivity contribution in [2.24, 2.45) is 0 Å². The van der Waals surface area contributed by atoms with Gasteiger partial charge in [-0.15, -0.1) is 0 Å². The maximum absolute atomic E-state index is 2.48. The van der Waals surface area contributed by atoms with Crippen molar-refractivity contribution in [1.29, 1.82) is 0 Å². The van der Waals surface area contributed by atoms with Crippen molar-refractivity contribution in [2.45, 2.75) is 0 Å². The largest absolute Gasteiger partial charge is 0.309 e. The van der Waals surface area contributed by atoms with E-state index >= 15 is 0 Å². The van der Waals surface area contributed by atoms with Crippen LogP contribution in [0.3, 0.4) is 0 Å². The Morgan fingerprint density at radius 1 is 0.191 bits per heavy atom. The van der Waals surface area contributed by atoms with E-state index in [0.717, 1.165) is 22.4 Å². The first kappa shape index (κ1) is 39.4. The van der Waals surface area contributed by atoms with Gasteiger partial charge in [-0.1, -0.05) is 206 Å². The number of hydrogen-bond acceptors (Lipinski definition) is 0. The fraction of sp³-hybridized carbons (Fsp3) is 0. The third-order valence-corrected chi connectivity index (χ3v) is 13.7. The Kier molecular flexibility index (Phi) is 9.54. The molecule has 0 aliphatic rings. The topological polar surface area (TPSA) is 9.86 Å². The quantitative estimate of drug-likeness (QED) is 0.144. The molecule has 0 fully saturated rings. The molecule has 2 aromatic heterocycles. The highest BCUT2D eigenvalue weighted by Gasteiger charge is 2.22. The first-order chi connectivity index (χ1) is 33.8. The van der Waals surface area contributed by atoms with E-state index in [2.05, 4.69) is 276 Å². The summed E-state index contributed by atoms with van der Waals surface area (Å²) in [5.74, 6) is 0. The molecule has 0 aliphatic heterocycles. The van der Waals surface area contributed by atoms with E-state index in [4.69, 9.17) is 0 Å². The minimum atomic E-state index is 1.12. The van der Waals surface area contributed by atoms with Crippen LogP contribution in [-0.4, -0.2) is 9.13 Å². The Morgan fingerprint density at radius 3 is 0.971 bits per heavy atom. The summed E-state index contributed by atoms with van der Waals surface area (Å²) in [6, 6.07) is 97.6. The number of rotatable bonds is 8. The lowest BCUT2D eigenvalue weighted by molar-refractivity contribution is 1.17. The second-order valence-corrected chi connectivity index (χ2v) is 17.6. The molecule has 0 unspecified atom stereocenters. The van der Waals surface area contributed by atoms with Gasteiger partial charge in [-0.2, -0.15) is 0 Å². The molecule has 0 aliphatic carbocycles. The van der Waals surface area contributed by atoms with Crippen LogP contribution in [-0.2, 0) is 0 Å². The van der Waals surface area contributed by atoms with Gasteiger partial charge in [0.2, 0.25) is 0 Å². The predicted octanol–water partition coefficient (Wildman–Crippen LogP) is 17.9. The average Bonchev–Trinajstić information content (AvgIpc) is 3.93. The van der Waals surface area contributed by atoms with Crippen molar-refractivity contribution in [3.8, 4) is 78.1 Å². The van der Waals surface area contributed by atoms with Crippen molar-refractivity contribution in [3.63, 3.8) is 0 Å². The number of nitrogens with zero attached hydrogens (tertiary/aromatic N) is 2. The minimum absolute atomic E-state index is 1.12. The number of fused-ring (bicyclic) bond motifs is 6. The highest BCUT2D eigenvalue weighted by molar-refractivity contribution is 6.15. The molecular formula is C66H44N2. The fourth-order valence-corrected chi connectivity index (χ4v) is 10.7. The molecule has 0 N–H and O–H groups in total. The standard InChI is InChI=1S/C66H44N2/c1-6-20-45(21-7-1)53-31-18-32-54(46-22-8-2-9-23-46)65(53)49-36-39-62-58(42-49)59-43-50(66-55(47-24-10-3-11-25-47)33-19-34-56(66)48-26-12-4-13-27-48)37-40-63(59)68(62)52-38-41-64-60(44-52)57-30-16-17-35-61(57)67(64)51-28-14-5-15-29-51/h1-44H. The van der Waals surface area contributed by atoms with Gasteiger partial charge in [0, 0.05) is 32.9 Å². The van der Waals surface area contributed by atoms with Crippen molar-refractivity contribution in [1.82, 2.24) is 9.13 Å². The second-order valence-electron chi connectivity index (χ2n) is 17.6. The first-order valence-corrected chi connectivity index (χ1v) is 23.4. The Morgan fingerprint density at radius 2 is 0.529 bits per heavy atom.